The monoisotopic (exact) mass is 318 g/mol. The van der Waals surface area contributed by atoms with Gasteiger partial charge in [0.1, 0.15) is 0 Å². The van der Waals surface area contributed by atoms with Crippen molar-refractivity contribution >= 4 is 23.5 Å². The molecule has 0 bridgehead atoms. The van der Waals surface area contributed by atoms with E-state index < -0.39 is 0 Å². The molecule has 0 aromatic heterocycles. The molecular formula is C15H30N2OS2. The largest absolute Gasteiger partial charge is 0.390 e. The van der Waals surface area contributed by atoms with Gasteiger partial charge in [-0.2, -0.15) is 23.5 Å². The van der Waals surface area contributed by atoms with Crippen LogP contribution >= 0.6 is 23.5 Å². The van der Waals surface area contributed by atoms with Crippen LogP contribution in [-0.2, 0) is 0 Å². The number of thioether (sulfide) groups is 2. The second-order valence-corrected chi connectivity index (χ2v) is 8.83. The first-order valence-electron chi connectivity index (χ1n) is 7.91. The molecule has 5 heteroatoms. The first-order valence-corrected chi connectivity index (χ1v) is 10.2. The summed E-state index contributed by atoms with van der Waals surface area (Å²) in [5.41, 5.74) is 0. The van der Waals surface area contributed by atoms with Gasteiger partial charge >= 0.3 is 0 Å². The van der Waals surface area contributed by atoms with Crippen molar-refractivity contribution in [1.29, 1.82) is 0 Å². The quantitative estimate of drug-likeness (QED) is 0.852. The number of β-amino-alcohol motifs (C(OH)–C–C–N with tert-alkyl or cyclic N) is 1. The van der Waals surface area contributed by atoms with Crippen molar-refractivity contribution in [3.63, 3.8) is 0 Å². The molecule has 0 aromatic rings. The van der Waals surface area contributed by atoms with Crippen LogP contribution in [0.25, 0.3) is 0 Å². The third-order valence-corrected chi connectivity index (χ3v) is 6.54. The minimum absolute atomic E-state index is 0.194. The predicted octanol–water partition coefficient (Wildman–Crippen LogP) is 1.72. The topological polar surface area (TPSA) is 26.7 Å². The highest BCUT2D eigenvalue weighted by Gasteiger charge is 2.21. The molecule has 2 rings (SSSR count). The minimum atomic E-state index is -0.194. The van der Waals surface area contributed by atoms with E-state index in [0.717, 1.165) is 51.1 Å². The summed E-state index contributed by atoms with van der Waals surface area (Å²) < 4.78 is 0. The van der Waals surface area contributed by atoms with Gasteiger partial charge in [0, 0.05) is 50.8 Å². The fourth-order valence-electron chi connectivity index (χ4n) is 3.11. The summed E-state index contributed by atoms with van der Waals surface area (Å²) in [6.45, 7) is 10.9. The zero-order valence-electron chi connectivity index (χ0n) is 13.0. The Morgan fingerprint density at radius 1 is 0.950 bits per heavy atom. The molecule has 0 aliphatic carbocycles. The molecule has 2 aliphatic heterocycles. The lowest BCUT2D eigenvalue weighted by Gasteiger charge is -2.29. The van der Waals surface area contributed by atoms with Crippen LogP contribution in [0.1, 0.15) is 13.8 Å². The van der Waals surface area contributed by atoms with Gasteiger partial charge in [-0.3, -0.25) is 9.80 Å². The molecule has 2 heterocycles. The fraction of sp³-hybridized carbons (Fsp3) is 1.00. The van der Waals surface area contributed by atoms with Crippen LogP contribution in [0.15, 0.2) is 0 Å². The van der Waals surface area contributed by atoms with E-state index in [0.29, 0.717) is 0 Å². The van der Waals surface area contributed by atoms with Crippen LogP contribution in [0, 0.1) is 11.8 Å². The van der Waals surface area contributed by atoms with Crippen LogP contribution in [0.2, 0.25) is 0 Å². The molecule has 0 amide bonds. The highest BCUT2D eigenvalue weighted by molar-refractivity contribution is 7.99. The SMILES string of the molecule is C[C@@H]1CSCCN(CC(O)CN2CCSC[C@@H](C)C2)C1. The molecule has 2 atom stereocenters. The van der Waals surface area contributed by atoms with Gasteiger partial charge in [0.2, 0.25) is 0 Å². The number of aliphatic hydroxyl groups excluding tert-OH is 1. The highest BCUT2D eigenvalue weighted by Crippen LogP contribution is 2.17. The lowest BCUT2D eigenvalue weighted by Crippen LogP contribution is -2.43. The van der Waals surface area contributed by atoms with Crippen LogP contribution in [0.5, 0.6) is 0 Å². The third kappa shape index (κ3) is 6.14. The van der Waals surface area contributed by atoms with Gasteiger partial charge in [-0.25, -0.2) is 0 Å². The normalized spacial score (nSPS) is 31.2. The molecule has 2 aliphatic rings. The Morgan fingerprint density at radius 3 is 1.85 bits per heavy atom. The van der Waals surface area contributed by atoms with E-state index in [1.807, 2.05) is 0 Å². The average Bonchev–Trinajstić information content (AvgIpc) is 2.69. The number of hydrogen-bond donors (Lipinski definition) is 1. The molecule has 0 saturated carbocycles. The number of rotatable bonds is 4. The zero-order chi connectivity index (χ0) is 14.4. The third-order valence-electron chi connectivity index (χ3n) is 3.99. The van der Waals surface area contributed by atoms with Gasteiger partial charge in [0.05, 0.1) is 6.10 Å². The zero-order valence-corrected chi connectivity index (χ0v) is 14.6. The smallest absolute Gasteiger partial charge is 0.0793 e. The Kier molecular flexibility index (Phi) is 7.53. The molecule has 0 aromatic carbocycles. The van der Waals surface area contributed by atoms with Gasteiger partial charge in [0.15, 0.2) is 0 Å². The van der Waals surface area contributed by atoms with E-state index in [9.17, 15) is 5.11 Å². The van der Waals surface area contributed by atoms with Gasteiger partial charge in [-0.05, 0) is 23.3 Å². The van der Waals surface area contributed by atoms with Gasteiger partial charge in [-0.1, -0.05) is 13.8 Å². The summed E-state index contributed by atoms with van der Waals surface area (Å²) in [4.78, 5) is 4.93. The Bertz CT molecular complexity index is 255. The van der Waals surface area contributed by atoms with Crippen molar-refractivity contribution in [2.24, 2.45) is 11.8 Å². The second-order valence-electron chi connectivity index (χ2n) is 6.53. The van der Waals surface area contributed by atoms with E-state index >= 15 is 0 Å². The van der Waals surface area contributed by atoms with E-state index in [4.69, 9.17) is 0 Å². The molecule has 2 fully saturated rings. The first kappa shape index (κ1) is 16.9. The van der Waals surface area contributed by atoms with Crippen molar-refractivity contribution in [3.05, 3.63) is 0 Å². The summed E-state index contributed by atoms with van der Waals surface area (Å²) in [6.07, 6.45) is -0.194. The Morgan fingerprint density at radius 2 is 1.40 bits per heavy atom. The fourth-order valence-corrected chi connectivity index (χ4v) is 5.23. The van der Waals surface area contributed by atoms with Crippen molar-refractivity contribution in [2.75, 3.05) is 62.3 Å². The maximum absolute atomic E-state index is 10.4. The summed E-state index contributed by atoms with van der Waals surface area (Å²) in [7, 11) is 0. The van der Waals surface area contributed by atoms with Crippen LogP contribution < -0.4 is 0 Å². The van der Waals surface area contributed by atoms with Crippen LogP contribution in [0.3, 0.4) is 0 Å². The van der Waals surface area contributed by atoms with Crippen molar-refractivity contribution in [2.45, 2.75) is 20.0 Å². The summed E-state index contributed by atoms with van der Waals surface area (Å²) >= 11 is 4.11. The molecule has 0 spiro atoms. The number of nitrogens with zero attached hydrogens (tertiary/aromatic N) is 2. The average molecular weight is 319 g/mol. The minimum Gasteiger partial charge on any atom is -0.390 e. The summed E-state index contributed by atoms with van der Waals surface area (Å²) in [5, 5.41) is 10.4. The molecule has 118 valence electrons. The number of hydrogen-bond acceptors (Lipinski definition) is 5. The lowest BCUT2D eigenvalue weighted by molar-refractivity contribution is 0.0719. The van der Waals surface area contributed by atoms with Gasteiger partial charge in [-0.15, -0.1) is 0 Å². The first-order chi connectivity index (χ1) is 9.63. The van der Waals surface area contributed by atoms with E-state index in [-0.39, 0.29) is 6.10 Å². The van der Waals surface area contributed by atoms with Crippen LogP contribution in [-0.4, -0.2) is 83.3 Å². The van der Waals surface area contributed by atoms with E-state index in [1.54, 1.807) is 0 Å². The molecule has 3 nitrogen and oxygen atoms in total. The molecule has 0 unspecified atom stereocenters. The Hall–Kier alpha value is 0.580. The van der Waals surface area contributed by atoms with Crippen molar-refractivity contribution in [3.8, 4) is 0 Å². The molecule has 2 saturated heterocycles. The van der Waals surface area contributed by atoms with Gasteiger partial charge in [0.25, 0.3) is 0 Å². The molecule has 0 radical (unpaired) electrons. The summed E-state index contributed by atoms with van der Waals surface area (Å²) in [6, 6.07) is 0. The predicted molar refractivity (Wildman–Crippen MR) is 91.9 cm³/mol. The second kappa shape index (κ2) is 8.89. The van der Waals surface area contributed by atoms with E-state index in [1.165, 1.54) is 23.0 Å². The standard InChI is InChI=1S/C15H30N2OS2/c1-13-7-16(3-5-19-11-13)9-15(18)10-17-4-6-20-12-14(2)8-17/h13-15,18H,3-12H2,1-2H3/t13-,14-/m0/s1. The molecular weight excluding hydrogens is 288 g/mol. The maximum atomic E-state index is 10.4. The van der Waals surface area contributed by atoms with E-state index in [2.05, 4.69) is 47.2 Å². The van der Waals surface area contributed by atoms with Crippen molar-refractivity contribution < 1.29 is 5.11 Å². The molecule has 20 heavy (non-hydrogen) atoms. The number of aliphatic hydroxyl groups is 1. The highest BCUT2D eigenvalue weighted by atomic mass is 32.2. The Balaban J connectivity index is 1.74. The van der Waals surface area contributed by atoms with Crippen molar-refractivity contribution in [1.82, 2.24) is 9.80 Å². The lowest BCUT2D eigenvalue weighted by atomic mass is 10.1. The Labute approximate surface area is 132 Å². The van der Waals surface area contributed by atoms with Gasteiger partial charge < -0.3 is 5.11 Å². The van der Waals surface area contributed by atoms with Crippen LogP contribution in [0.4, 0.5) is 0 Å². The molecule has 1 N–H and O–H groups in total. The summed E-state index contributed by atoms with van der Waals surface area (Å²) in [5.74, 6) is 6.48. The maximum Gasteiger partial charge on any atom is 0.0793 e.